The van der Waals surface area contributed by atoms with E-state index in [0.29, 0.717) is 0 Å². The number of hydrazine groups is 1. The van der Waals surface area contributed by atoms with Crippen LogP contribution in [0.2, 0.25) is 0 Å². The van der Waals surface area contributed by atoms with Gasteiger partial charge in [0, 0.05) is 31.0 Å². The lowest BCUT2D eigenvalue weighted by Gasteiger charge is -2.23. The van der Waals surface area contributed by atoms with Gasteiger partial charge in [-0.1, -0.05) is 0 Å². The van der Waals surface area contributed by atoms with Crippen LogP contribution in [-0.4, -0.2) is 31.4 Å². The Morgan fingerprint density at radius 2 is 1.69 bits per heavy atom. The van der Waals surface area contributed by atoms with Crippen molar-refractivity contribution in [3.63, 3.8) is 0 Å². The molecule has 3 heterocycles. The first-order valence-corrected chi connectivity index (χ1v) is 4.98. The highest BCUT2D eigenvalue weighted by Crippen LogP contribution is 2.04. The van der Waals surface area contributed by atoms with Gasteiger partial charge < -0.3 is 4.92 Å². The zero-order valence-electron chi connectivity index (χ0n) is 8.51. The van der Waals surface area contributed by atoms with Gasteiger partial charge in [0.2, 0.25) is 0 Å². The minimum atomic E-state index is -0.139. The smallest absolute Gasteiger partial charge is 0.313 e. The molecule has 0 atom stereocenters. The van der Waals surface area contributed by atoms with Gasteiger partial charge in [-0.15, -0.1) is 0 Å². The summed E-state index contributed by atoms with van der Waals surface area (Å²) in [5, 5.41) is 8.49. The molecule has 0 spiro atoms. The first-order valence-electron chi connectivity index (χ1n) is 4.98. The van der Waals surface area contributed by atoms with Crippen LogP contribution < -0.4 is 5.43 Å². The van der Waals surface area contributed by atoms with Crippen molar-refractivity contribution in [2.45, 2.75) is 0 Å². The summed E-state index contributed by atoms with van der Waals surface area (Å²) in [6.07, 6.45) is 11.2. The summed E-state index contributed by atoms with van der Waals surface area (Å²) in [4.78, 5) is 1.92. The lowest BCUT2D eigenvalue weighted by molar-refractivity contribution is 0.470. The number of aromatic nitrogens is 4. The molecule has 0 fully saturated rings. The molecule has 3 rings (SSSR count). The maximum Gasteiger partial charge on any atom is 0.562 e. The highest BCUT2D eigenvalue weighted by Gasteiger charge is 2.30. The molecule has 0 unspecified atom stereocenters. The van der Waals surface area contributed by atoms with E-state index in [9.17, 15) is 0 Å². The van der Waals surface area contributed by atoms with Crippen molar-refractivity contribution in [3.05, 3.63) is 55.7 Å². The van der Waals surface area contributed by atoms with Crippen molar-refractivity contribution in [1.82, 2.24) is 29.7 Å². The monoisotopic (exact) mass is 213 g/mol. The average Bonchev–Trinajstić information content (AvgIpc) is 3.02. The van der Waals surface area contributed by atoms with Crippen molar-refractivity contribution in [3.8, 4) is 0 Å². The minimum absolute atomic E-state index is 0.139. The normalized spacial score (nSPS) is 14.6. The Morgan fingerprint density at radius 3 is 2.12 bits per heavy atom. The summed E-state index contributed by atoms with van der Waals surface area (Å²) in [7, 11) is -0.139. The van der Waals surface area contributed by atoms with Gasteiger partial charge in [-0.2, -0.15) is 10.2 Å². The molecular formula is C9H10BN6. The number of hydrogen-bond acceptors (Lipinski definition) is 4. The standard InChI is InChI=1S/C9H10BN6/c1-4-11-14(7-1)10(15-8-2-5-12-15)16-9-3-6-13-16/h1-9,11H. The van der Waals surface area contributed by atoms with E-state index in [1.807, 2.05) is 57.5 Å². The topological polar surface area (TPSA) is 50.9 Å². The van der Waals surface area contributed by atoms with Crippen LogP contribution in [0, 0.1) is 6.54 Å². The van der Waals surface area contributed by atoms with Crippen molar-refractivity contribution in [2.24, 2.45) is 0 Å². The fraction of sp³-hybridized carbons (Fsp3) is 0. The van der Waals surface area contributed by atoms with Crippen LogP contribution in [0.1, 0.15) is 0 Å². The highest BCUT2D eigenvalue weighted by atomic mass is 15.6. The van der Waals surface area contributed by atoms with Gasteiger partial charge in [-0.3, -0.25) is 9.19 Å². The molecule has 2 aromatic rings. The first kappa shape index (κ1) is 9.23. The Labute approximate surface area is 93.3 Å². The molecule has 0 aliphatic carbocycles. The fourth-order valence-electron chi connectivity index (χ4n) is 1.66. The molecule has 1 radical (unpaired) electrons. The predicted octanol–water partition coefficient (Wildman–Crippen LogP) is -0.0434. The molecule has 1 aliphatic heterocycles. The third-order valence-corrected chi connectivity index (χ3v) is 2.34. The van der Waals surface area contributed by atoms with Gasteiger partial charge in [-0.05, 0) is 18.2 Å². The van der Waals surface area contributed by atoms with Gasteiger partial charge in [0.1, 0.15) is 0 Å². The number of nitrogens with zero attached hydrogens (tertiary/aromatic N) is 5. The van der Waals surface area contributed by atoms with Crippen molar-refractivity contribution in [2.75, 3.05) is 0 Å². The Bertz CT molecular complexity index is 428. The maximum absolute atomic E-state index is 4.24. The van der Waals surface area contributed by atoms with Crippen LogP contribution in [-0.2, 0) is 0 Å². The second kappa shape index (κ2) is 3.86. The third-order valence-electron chi connectivity index (χ3n) is 2.34. The maximum atomic E-state index is 4.24. The molecule has 2 aromatic heterocycles. The van der Waals surface area contributed by atoms with Crippen LogP contribution in [0.3, 0.4) is 0 Å². The van der Waals surface area contributed by atoms with Crippen molar-refractivity contribution >= 4 is 7.12 Å². The summed E-state index contributed by atoms with van der Waals surface area (Å²) in [6.45, 7) is 1.86. The third kappa shape index (κ3) is 1.51. The number of hydrogen-bond donors (Lipinski definition) is 1. The van der Waals surface area contributed by atoms with E-state index in [1.165, 1.54) is 0 Å². The summed E-state index contributed by atoms with van der Waals surface area (Å²) >= 11 is 0. The molecule has 1 N–H and O–H groups in total. The molecule has 0 saturated heterocycles. The SMILES string of the molecule is [CH]1C=CN(B(n2cccn2)n2cccn2)N1. The molecule has 0 amide bonds. The zero-order valence-corrected chi connectivity index (χ0v) is 8.51. The largest absolute Gasteiger partial charge is 0.562 e. The van der Waals surface area contributed by atoms with E-state index in [4.69, 9.17) is 0 Å². The fourth-order valence-corrected chi connectivity index (χ4v) is 1.66. The number of rotatable bonds is 3. The second-order valence-corrected chi connectivity index (χ2v) is 3.36. The quantitative estimate of drug-likeness (QED) is 0.726. The molecule has 7 heteroatoms. The van der Waals surface area contributed by atoms with E-state index in [-0.39, 0.29) is 7.12 Å². The van der Waals surface area contributed by atoms with Gasteiger partial charge in [-0.25, -0.2) is 5.43 Å². The summed E-state index contributed by atoms with van der Waals surface area (Å²) in [5.41, 5.74) is 3.11. The highest BCUT2D eigenvalue weighted by molar-refractivity contribution is 6.51. The van der Waals surface area contributed by atoms with Crippen LogP contribution in [0.4, 0.5) is 0 Å². The van der Waals surface area contributed by atoms with E-state index >= 15 is 0 Å². The van der Waals surface area contributed by atoms with Gasteiger partial charge in [0.05, 0.1) is 6.54 Å². The van der Waals surface area contributed by atoms with Gasteiger partial charge in [0.15, 0.2) is 0 Å². The Morgan fingerprint density at radius 1 is 1.00 bits per heavy atom. The predicted molar refractivity (Wildman–Crippen MR) is 59.4 cm³/mol. The number of nitrogens with one attached hydrogen (secondary N) is 1. The molecule has 0 saturated carbocycles. The molecule has 1 aliphatic rings. The molecule has 6 nitrogen and oxygen atoms in total. The van der Waals surface area contributed by atoms with Crippen molar-refractivity contribution in [1.29, 1.82) is 0 Å². The van der Waals surface area contributed by atoms with Crippen LogP contribution in [0.15, 0.2) is 49.2 Å². The van der Waals surface area contributed by atoms with Crippen LogP contribution >= 0.6 is 0 Å². The molecule has 79 valence electrons. The van der Waals surface area contributed by atoms with Gasteiger partial charge >= 0.3 is 7.12 Å². The van der Waals surface area contributed by atoms with E-state index < -0.39 is 0 Å². The summed E-state index contributed by atoms with van der Waals surface area (Å²) < 4.78 is 3.65. The van der Waals surface area contributed by atoms with E-state index in [0.717, 1.165) is 0 Å². The van der Waals surface area contributed by atoms with E-state index in [2.05, 4.69) is 15.6 Å². The molecule has 0 bridgehead atoms. The molecular weight excluding hydrogens is 203 g/mol. The second-order valence-electron chi connectivity index (χ2n) is 3.36. The van der Waals surface area contributed by atoms with E-state index in [1.54, 1.807) is 12.4 Å². The lowest BCUT2D eigenvalue weighted by Crippen LogP contribution is -2.52. The molecule has 0 aromatic carbocycles. The summed E-state index contributed by atoms with van der Waals surface area (Å²) in [5.74, 6) is 0. The average molecular weight is 213 g/mol. The lowest BCUT2D eigenvalue weighted by atomic mass is 9.94. The molecule has 16 heavy (non-hydrogen) atoms. The van der Waals surface area contributed by atoms with Crippen LogP contribution in [0.5, 0.6) is 0 Å². The van der Waals surface area contributed by atoms with Crippen molar-refractivity contribution < 1.29 is 0 Å². The first-order chi connectivity index (χ1) is 7.95. The Balaban J connectivity index is 1.98. The minimum Gasteiger partial charge on any atom is -0.313 e. The summed E-state index contributed by atoms with van der Waals surface area (Å²) in [6, 6.07) is 3.78. The zero-order chi connectivity index (χ0) is 10.8. The van der Waals surface area contributed by atoms with Gasteiger partial charge in [0.25, 0.3) is 0 Å². The Hall–Kier alpha value is -2.02. The van der Waals surface area contributed by atoms with Crippen LogP contribution in [0.25, 0.3) is 0 Å². The Kier molecular flexibility index (Phi) is 2.23.